The van der Waals surface area contributed by atoms with Crippen molar-refractivity contribution in [1.82, 2.24) is 5.32 Å². The number of carbonyl (C=O) groups is 4. The number of isocyanates is 1. The molecule has 0 rings (SSSR count). The predicted molar refractivity (Wildman–Crippen MR) is 219 cm³/mol. The van der Waals surface area contributed by atoms with Crippen molar-refractivity contribution in [1.29, 1.82) is 0 Å². The molecule has 0 bridgehead atoms. The minimum atomic E-state index is -4.05. The molecule has 0 aliphatic carbocycles. The molecule has 0 atom stereocenters. The maximum absolute atomic E-state index is 10.9. The monoisotopic (exact) mass is 910 g/mol. The standard InChI is InChI=1S/C10H19NO2.C7H9NO3.C6H10O5S.C4H6O2.3C4H9.Sn/c1-8(2)9(12)13-7-6-11-10(3,4)5;1-6(2)7(10)11-4-3-8-5-9;1-5(2)6(7)11-3-4-12(8,9)10;1-3(2)4(5)6;3*1-3-4-2;/h11H,1,6-7H2,2-5H3;1,3-4H2,2H3;1,3-4H2,2H3,(H,8,9,10);1H2,2H3,(H,5,6);3*1,3-4H2,2H3;/q;;;;;;;+1/p-1. The number of rotatable bonds is 22. The molecule has 0 aliphatic heterocycles. The van der Waals surface area contributed by atoms with Crippen molar-refractivity contribution >= 4 is 59.8 Å². The molecule has 0 aromatic carbocycles. The number of ether oxygens (including phenoxy) is 3. The molecule has 0 spiro atoms. The third-order valence-electron chi connectivity index (χ3n) is 6.11. The van der Waals surface area contributed by atoms with Gasteiger partial charge in [-0.1, -0.05) is 26.3 Å². The zero-order chi connectivity index (χ0) is 44.0. The van der Waals surface area contributed by atoms with E-state index in [-0.39, 0.29) is 42.4 Å². The molecule has 0 unspecified atom stereocenters. The van der Waals surface area contributed by atoms with Gasteiger partial charge in [0, 0.05) is 28.8 Å². The Morgan fingerprint density at radius 3 is 1.35 bits per heavy atom. The Labute approximate surface area is 338 Å². The van der Waals surface area contributed by atoms with E-state index in [9.17, 15) is 37.5 Å². The number of nitrogens with one attached hydrogen (secondary N) is 1. The van der Waals surface area contributed by atoms with Gasteiger partial charge in [-0.2, -0.15) is 8.42 Å². The van der Waals surface area contributed by atoms with Crippen LogP contribution in [0.5, 0.6) is 0 Å². The van der Waals surface area contributed by atoms with E-state index in [2.05, 4.69) is 87.6 Å². The predicted octanol–water partition coefficient (Wildman–Crippen LogP) is 6.12. The SMILES string of the molecule is C=C(C)C(=O)OCCN=C=O.C=C(C)C(=O)OCCNC(C)(C)C.C=C(C)C(=O)OCCS(=O)(=O)O.C=C(C)C(=O)[O-].CCC[CH2][Sn+]([CH2]CCC)[CH2]CCC. The summed E-state index contributed by atoms with van der Waals surface area (Å²) >= 11 is -0.839. The van der Waals surface area contributed by atoms with Gasteiger partial charge in [-0.3, -0.25) is 4.55 Å². The summed E-state index contributed by atoms with van der Waals surface area (Å²) in [5, 5.41) is 12.7. The van der Waals surface area contributed by atoms with E-state index in [0.717, 1.165) is 0 Å². The number of hydrogen-bond donors (Lipinski definition) is 2. The summed E-state index contributed by atoms with van der Waals surface area (Å²) in [5.74, 6) is -3.23. The van der Waals surface area contributed by atoms with Crippen molar-refractivity contribution in [3.05, 3.63) is 48.6 Å². The fourth-order valence-corrected chi connectivity index (χ4v) is 12.8. The first-order valence-corrected chi connectivity index (χ1v) is 25.9. The molecule has 0 aliphatic rings. The van der Waals surface area contributed by atoms with Gasteiger partial charge in [-0.15, -0.1) is 0 Å². The molecule has 0 aromatic rings. The van der Waals surface area contributed by atoms with Crippen LogP contribution in [-0.4, -0.2) is 107 Å². The van der Waals surface area contributed by atoms with Crippen molar-refractivity contribution in [2.45, 2.75) is 127 Å². The summed E-state index contributed by atoms with van der Waals surface area (Å²) < 4.78 is 47.4. The molecule has 0 amide bonds. The Kier molecular flexibility index (Phi) is 43.5. The van der Waals surface area contributed by atoms with Gasteiger partial charge in [0.25, 0.3) is 10.1 Å². The van der Waals surface area contributed by atoms with Crippen LogP contribution in [0, 0.1) is 0 Å². The van der Waals surface area contributed by atoms with Gasteiger partial charge in [0.15, 0.2) is 0 Å². The number of unbranched alkanes of at least 4 members (excludes halogenated alkanes) is 3. The third kappa shape index (κ3) is 57.8. The third-order valence-corrected chi connectivity index (χ3v) is 15.9. The first-order chi connectivity index (χ1) is 25.3. The van der Waals surface area contributed by atoms with Crippen LogP contribution in [0.2, 0.25) is 13.3 Å². The summed E-state index contributed by atoms with van der Waals surface area (Å²) in [4.78, 5) is 54.4. The quantitative estimate of drug-likeness (QED) is 0.0183. The summed E-state index contributed by atoms with van der Waals surface area (Å²) in [6, 6.07) is 0. The van der Waals surface area contributed by atoms with Crippen molar-refractivity contribution in [2.24, 2.45) is 4.99 Å². The Bertz CT molecular complexity index is 1270. The average molecular weight is 910 g/mol. The zero-order valence-electron chi connectivity index (χ0n) is 35.2. The molecule has 0 heterocycles. The fraction of sp³-hybridized carbons (Fsp3) is 0.667. The fourth-order valence-electron chi connectivity index (χ4n) is 3.06. The number of aliphatic imine (C=N–C) groups is 1. The van der Waals surface area contributed by atoms with Crippen LogP contribution in [0.25, 0.3) is 0 Å². The van der Waals surface area contributed by atoms with Gasteiger partial charge in [0.1, 0.15) is 25.6 Å². The van der Waals surface area contributed by atoms with E-state index in [1.165, 1.54) is 58.5 Å². The molecule has 0 aromatic heterocycles. The summed E-state index contributed by atoms with van der Waals surface area (Å²) in [6.07, 6.45) is 10.2. The van der Waals surface area contributed by atoms with Crippen LogP contribution < -0.4 is 10.4 Å². The molecule has 318 valence electrons. The Morgan fingerprint density at radius 1 is 0.727 bits per heavy atom. The molecule has 55 heavy (non-hydrogen) atoms. The topological polar surface area (TPSA) is 215 Å². The molecular formula is C39H70N2O12SSn. The number of aliphatic carboxylic acids is 1. The van der Waals surface area contributed by atoms with Crippen molar-refractivity contribution in [2.75, 3.05) is 38.7 Å². The van der Waals surface area contributed by atoms with E-state index in [1.807, 2.05) is 0 Å². The second kappa shape index (κ2) is 39.1. The summed E-state index contributed by atoms with van der Waals surface area (Å²) in [6.45, 7) is 33.4. The normalized spacial score (nSPS) is 9.87. The van der Waals surface area contributed by atoms with Gasteiger partial charge in [0.2, 0.25) is 6.08 Å². The van der Waals surface area contributed by atoms with Crippen molar-refractivity contribution < 1.29 is 56.3 Å². The summed E-state index contributed by atoms with van der Waals surface area (Å²) in [7, 11) is -4.05. The number of esters is 3. The second-order valence-electron chi connectivity index (χ2n) is 13.3. The van der Waals surface area contributed by atoms with Crippen LogP contribution in [0.15, 0.2) is 53.6 Å². The Balaban J connectivity index is -0.000000193. The van der Waals surface area contributed by atoms with E-state index in [0.29, 0.717) is 24.3 Å². The molecule has 16 heteroatoms. The molecule has 0 saturated heterocycles. The maximum atomic E-state index is 10.9. The van der Waals surface area contributed by atoms with E-state index in [1.54, 1.807) is 27.2 Å². The number of hydrogen-bond acceptors (Lipinski definition) is 13. The van der Waals surface area contributed by atoms with Crippen LogP contribution in [0.4, 0.5) is 0 Å². The summed E-state index contributed by atoms with van der Waals surface area (Å²) in [5.41, 5.74) is 1.09. The zero-order valence-corrected chi connectivity index (χ0v) is 38.9. The number of nitrogens with zero attached hydrogens (tertiary/aromatic N) is 1. The van der Waals surface area contributed by atoms with E-state index in [4.69, 9.17) is 9.29 Å². The van der Waals surface area contributed by atoms with Gasteiger partial charge in [-0.05, 0) is 54.0 Å². The van der Waals surface area contributed by atoms with Crippen molar-refractivity contribution in [3.63, 3.8) is 0 Å². The van der Waals surface area contributed by atoms with E-state index < -0.39 is 53.5 Å². The molecule has 0 radical (unpaired) electrons. The Hall–Kier alpha value is -3.11. The van der Waals surface area contributed by atoms with Crippen LogP contribution in [0.3, 0.4) is 0 Å². The van der Waals surface area contributed by atoms with Gasteiger partial charge in [-0.25, -0.2) is 24.2 Å². The number of carboxylic acids is 1. The number of carboxylic acid groups (broad SMARTS) is 1. The van der Waals surface area contributed by atoms with Crippen molar-refractivity contribution in [3.8, 4) is 0 Å². The molecule has 0 saturated carbocycles. The average Bonchev–Trinajstić information content (AvgIpc) is 3.08. The second-order valence-corrected chi connectivity index (χ2v) is 23.4. The van der Waals surface area contributed by atoms with Gasteiger partial charge < -0.3 is 29.4 Å². The molecule has 2 N–H and O–H groups in total. The molecule has 0 fully saturated rings. The van der Waals surface area contributed by atoms with Crippen LogP contribution in [0.1, 0.15) is 108 Å². The van der Waals surface area contributed by atoms with Crippen LogP contribution in [-0.2, 0) is 48.3 Å². The van der Waals surface area contributed by atoms with Gasteiger partial charge >= 0.3 is 110 Å². The number of carbonyl (C=O) groups excluding carboxylic acids is 5. The first-order valence-electron chi connectivity index (χ1n) is 18.2. The van der Waals surface area contributed by atoms with Gasteiger partial charge in [0.05, 0.1) is 12.5 Å². The van der Waals surface area contributed by atoms with E-state index >= 15 is 0 Å². The Morgan fingerprint density at radius 2 is 1.07 bits per heavy atom. The minimum absolute atomic E-state index is 0.0648. The molecular weight excluding hydrogens is 839 g/mol. The first kappa shape index (κ1) is 61.1. The van der Waals surface area contributed by atoms with Crippen LogP contribution >= 0.6 is 0 Å². The molecule has 14 nitrogen and oxygen atoms in total.